The summed E-state index contributed by atoms with van der Waals surface area (Å²) in [7, 11) is -3.99. The number of hydrogen-bond acceptors (Lipinski definition) is 7. The van der Waals surface area contributed by atoms with Gasteiger partial charge in [-0.25, -0.2) is 4.18 Å². The van der Waals surface area contributed by atoms with Gasteiger partial charge >= 0.3 is 0 Å². The van der Waals surface area contributed by atoms with Crippen molar-refractivity contribution in [2.24, 2.45) is 5.92 Å². The van der Waals surface area contributed by atoms with E-state index < -0.39 is 15.0 Å². The summed E-state index contributed by atoms with van der Waals surface area (Å²) in [6, 6.07) is 12.3. The largest absolute Gasteiger partial charge is 0.305 e. The van der Waals surface area contributed by atoms with Crippen molar-refractivity contribution < 1.29 is 22.3 Å². The van der Waals surface area contributed by atoms with E-state index in [1.165, 1.54) is 40.9 Å². The van der Waals surface area contributed by atoms with Crippen molar-refractivity contribution in [1.82, 2.24) is 4.90 Å². The molecule has 0 N–H and O–H groups in total. The Hall–Kier alpha value is -2.43. The van der Waals surface area contributed by atoms with Crippen molar-refractivity contribution in [3.05, 3.63) is 64.2 Å². The summed E-state index contributed by atoms with van der Waals surface area (Å²) in [6.07, 6.45) is 1.48. The summed E-state index contributed by atoms with van der Waals surface area (Å²) in [4.78, 5) is 25.1. The minimum atomic E-state index is -3.99. The summed E-state index contributed by atoms with van der Waals surface area (Å²) in [5, 5.41) is 10.5. The highest BCUT2D eigenvalue weighted by atomic mass is 32.2. The van der Waals surface area contributed by atoms with Crippen LogP contribution in [-0.4, -0.2) is 36.3 Å². The molecule has 3 rings (SSSR count). The molecule has 1 heterocycles. The number of aryl methyl sites for hydroxylation is 1. The van der Waals surface area contributed by atoms with Crippen molar-refractivity contribution in [3.63, 3.8) is 0 Å². The standard InChI is InChI=1S/C20H22N2O6S2/c1-3-4-18-19(23)21(13-28-30(26,27)17-11-5-14(2)6-12-17)20(18)29-16-9-7-15(8-10-16)22(24)25/h5-12,18,20H,3-4,13H2,1-2H3. The molecular formula is C20H22N2O6S2. The van der Waals surface area contributed by atoms with Gasteiger partial charge in [0.1, 0.15) is 6.73 Å². The number of carbonyl (C=O) groups excluding carboxylic acids is 1. The van der Waals surface area contributed by atoms with E-state index in [0.717, 1.165) is 16.9 Å². The Labute approximate surface area is 179 Å². The van der Waals surface area contributed by atoms with Gasteiger partial charge in [-0.1, -0.05) is 31.0 Å². The summed E-state index contributed by atoms with van der Waals surface area (Å²) < 4.78 is 30.0. The van der Waals surface area contributed by atoms with Gasteiger partial charge in [-0.05, 0) is 37.6 Å². The zero-order valence-electron chi connectivity index (χ0n) is 16.6. The van der Waals surface area contributed by atoms with Gasteiger partial charge in [0.25, 0.3) is 15.8 Å². The van der Waals surface area contributed by atoms with Crippen LogP contribution in [0.15, 0.2) is 58.3 Å². The molecule has 1 amide bonds. The number of rotatable bonds is 9. The van der Waals surface area contributed by atoms with E-state index in [2.05, 4.69) is 0 Å². The van der Waals surface area contributed by atoms with E-state index in [1.54, 1.807) is 24.3 Å². The van der Waals surface area contributed by atoms with Crippen LogP contribution in [0.3, 0.4) is 0 Å². The SMILES string of the molecule is CCCC1C(=O)N(COS(=O)(=O)c2ccc(C)cc2)C1Sc1ccc([N+](=O)[O-])cc1. The molecule has 10 heteroatoms. The number of nitro groups is 1. The molecule has 0 aliphatic carbocycles. The third-order valence-corrected chi connectivity index (χ3v) is 7.45. The van der Waals surface area contributed by atoms with E-state index in [0.29, 0.717) is 6.42 Å². The average Bonchev–Trinajstić information content (AvgIpc) is 2.72. The highest BCUT2D eigenvalue weighted by Crippen LogP contribution is 2.41. The maximum Gasteiger partial charge on any atom is 0.298 e. The summed E-state index contributed by atoms with van der Waals surface area (Å²) in [5.74, 6) is -0.406. The lowest BCUT2D eigenvalue weighted by Gasteiger charge is -2.46. The molecule has 8 nitrogen and oxygen atoms in total. The van der Waals surface area contributed by atoms with E-state index in [4.69, 9.17) is 4.18 Å². The van der Waals surface area contributed by atoms with E-state index in [9.17, 15) is 23.3 Å². The molecule has 0 aromatic heterocycles. The fourth-order valence-electron chi connectivity index (χ4n) is 3.14. The van der Waals surface area contributed by atoms with Crippen LogP contribution >= 0.6 is 11.8 Å². The molecule has 1 saturated heterocycles. The predicted molar refractivity (Wildman–Crippen MR) is 112 cm³/mol. The molecule has 0 spiro atoms. The van der Waals surface area contributed by atoms with Gasteiger partial charge in [-0.2, -0.15) is 8.42 Å². The fourth-order valence-corrected chi connectivity index (χ4v) is 5.28. The molecule has 0 bridgehead atoms. The number of carbonyl (C=O) groups is 1. The molecule has 2 unspecified atom stereocenters. The predicted octanol–water partition coefficient (Wildman–Crippen LogP) is 3.94. The Morgan fingerprint density at radius 3 is 2.33 bits per heavy atom. The Balaban J connectivity index is 1.71. The number of amides is 1. The number of thioether (sulfide) groups is 1. The van der Waals surface area contributed by atoms with E-state index in [1.807, 2.05) is 13.8 Å². The van der Waals surface area contributed by atoms with Crippen LogP contribution in [-0.2, 0) is 19.1 Å². The lowest BCUT2D eigenvalue weighted by Crippen LogP contribution is -2.59. The number of β-lactam (4-membered cyclic amide) rings is 1. The first kappa shape index (κ1) is 22.3. The van der Waals surface area contributed by atoms with Crippen molar-refractivity contribution in [2.45, 2.75) is 41.9 Å². The molecule has 160 valence electrons. The van der Waals surface area contributed by atoms with Crippen LogP contribution in [0.5, 0.6) is 0 Å². The molecule has 2 aromatic carbocycles. The second-order valence-electron chi connectivity index (χ2n) is 6.98. The van der Waals surface area contributed by atoms with Crippen LogP contribution in [0.1, 0.15) is 25.3 Å². The molecule has 1 aliphatic rings. The van der Waals surface area contributed by atoms with Crippen molar-refractivity contribution in [1.29, 1.82) is 0 Å². The maximum atomic E-state index is 12.5. The van der Waals surface area contributed by atoms with Gasteiger partial charge < -0.3 is 4.90 Å². The molecular weight excluding hydrogens is 428 g/mol. The lowest BCUT2D eigenvalue weighted by molar-refractivity contribution is -0.384. The number of likely N-dealkylation sites (tertiary alicyclic amines) is 1. The van der Waals surface area contributed by atoms with Crippen LogP contribution in [0.25, 0.3) is 0 Å². The quantitative estimate of drug-likeness (QED) is 0.246. The molecule has 2 aromatic rings. The highest BCUT2D eigenvalue weighted by Gasteiger charge is 2.47. The van der Waals surface area contributed by atoms with Crippen molar-refractivity contribution >= 4 is 33.5 Å². The minimum absolute atomic E-state index is 0.0153. The average molecular weight is 451 g/mol. The van der Waals surface area contributed by atoms with E-state index >= 15 is 0 Å². The van der Waals surface area contributed by atoms with Crippen LogP contribution in [0.4, 0.5) is 5.69 Å². The molecule has 0 radical (unpaired) electrons. The zero-order chi connectivity index (χ0) is 21.9. The normalized spacial score (nSPS) is 18.9. The van der Waals surface area contributed by atoms with Gasteiger partial charge in [0.2, 0.25) is 5.91 Å². The Morgan fingerprint density at radius 1 is 1.13 bits per heavy atom. The van der Waals surface area contributed by atoms with Crippen LogP contribution < -0.4 is 0 Å². The molecule has 2 atom stereocenters. The van der Waals surface area contributed by atoms with E-state index in [-0.39, 0.29) is 34.5 Å². The second-order valence-corrected chi connectivity index (χ2v) is 9.78. The molecule has 30 heavy (non-hydrogen) atoms. The first-order valence-corrected chi connectivity index (χ1v) is 11.7. The van der Waals surface area contributed by atoms with Crippen molar-refractivity contribution in [2.75, 3.05) is 6.73 Å². The topological polar surface area (TPSA) is 107 Å². The number of benzene rings is 2. The second kappa shape index (κ2) is 9.15. The first-order valence-electron chi connectivity index (χ1n) is 9.40. The Kier molecular flexibility index (Phi) is 6.79. The Morgan fingerprint density at radius 2 is 1.77 bits per heavy atom. The highest BCUT2D eigenvalue weighted by molar-refractivity contribution is 8.00. The smallest absolute Gasteiger partial charge is 0.298 e. The lowest BCUT2D eigenvalue weighted by atomic mass is 9.94. The first-order chi connectivity index (χ1) is 14.2. The maximum absolute atomic E-state index is 12.5. The minimum Gasteiger partial charge on any atom is -0.305 e. The third-order valence-electron chi connectivity index (χ3n) is 4.81. The summed E-state index contributed by atoms with van der Waals surface area (Å²) in [6.45, 7) is 3.45. The zero-order valence-corrected chi connectivity index (χ0v) is 18.2. The monoisotopic (exact) mass is 450 g/mol. The number of nitro benzene ring substituents is 1. The molecule has 1 fully saturated rings. The van der Waals surface area contributed by atoms with Gasteiger partial charge in [0.05, 0.1) is 21.1 Å². The molecule has 1 aliphatic heterocycles. The summed E-state index contributed by atoms with van der Waals surface area (Å²) >= 11 is 1.37. The number of hydrogen-bond donors (Lipinski definition) is 0. The third kappa shape index (κ3) is 4.82. The van der Waals surface area contributed by atoms with Crippen molar-refractivity contribution in [3.8, 4) is 0 Å². The summed E-state index contributed by atoms with van der Waals surface area (Å²) in [5.41, 5.74) is 0.910. The van der Waals surface area contributed by atoms with Gasteiger partial charge in [0.15, 0.2) is 0 Å². The van der Waals surface area contributed by atoms with Gasteiger partial charge in [0, 0.05) is 17.0 Å². The number of non-ortho nitro benzene ring substituents is 1. The fraction of sp³-hybridized carbons (Fsp3) is 0.350. The van der Waals surface area contributed by atoms with Crippen LogP contribution in [0, 0.1) is 23.0 Å². The number of nitrogens with zero attached hydrogens (tertiary/aromatic N) is 2. The Bertz CT molecular complexity index is 1020. The molecule has 0 saturated carbocycles. The van der Waals surface area contributed by atoms with Crippen LogP contribution in [0.2, 0.25) is 0 Å². The van der Waals surface area contributed by atoms with Gasteiger partial charge in [-0.3, -0.25) is 14.9 Å². The van der Waals surface area contributed by atoms with Gasteiger partial charge in [-0.15, -0.1) is 11.8 Å².